The number of nitro groups is 1. The first kappa shape index (κ1) is 13.2. The largest absolute Gasteiger partial charge is 0.497 e. The maximum Gasteiger partial charge on any atom is 0.292 e. The molecule has 0 aromatic heterocycles. The molecular formula is C11H16N2O4. The summed E-state index contributed by atoms with van der Waals surface area (Å²) < 4.78 is 5.03. The lowest BCUT2D eigenvalue weighted by molar-refractivity contribution is -0.384. The van der Waals surface area contributed by atoms with Gasteiger partial charge in [-0.05, 0) is 13.0 Å². The molecule has 1 aromatic rings. The third-order valence-corrected chi connectivity index (χ3v) is 2.33. The number of nitrogens with zero attached hydrogens (tertiary/aromatic N) is 2. The summed E-state index contributed by atoms with van der Waals surface area (Å²) in [6.07, 6.45) is -0.564. The SMILES string of the molecule is COc1ccc([N+](=O)[O-])c(N(C)CC(C)O)c1. The summed E-state index contributed by atoms with van der Waals surface area (Å²) in [5, 5.41) is 20.2. The molecule has 17 heavy (non-hydrogen) atoms. The van der Waals surface area contributed by atoms with Gasteiger partial charge in [-0.15, -0.1) is 0 Å². The zero-order valence-electron chi connectivity index (χ0n) is 10.1. The van der Waals surface area contributed by atoms with Crippen molar-refractivity contribution in [3.05, 3.63) is 28.3 Å². The molecule has 94 valence electrons. The lowest BCUT2D eigenvalue weighted by atomic mass is 10.2. The summed E-state index contributed by atoms with van der Waals surface area (Å²) in [6, 6.07) is 4.52. The van der Waals surface area contributed by atoms with Crippen LogP contribution in [-0.2, 0) is 0 Å². The maximum absolute atomic E-state index is 10.9. The predicted molar refractivity (Wildman–Crippen MR) is 64.6 cm³/mol. The second-order valence-corrected chi connectivity index (χ2v) is 3.84. The number of hydrogen-bond donors (Lipinski definition) is 1. The van der Waals surface area contributed by atoms with E-state index < -0.39 is 11.0 Å². The van der Waals surface area contributed by atoms with Gasteiger partial charge in [0.2, 0.25) is 0 Å². The lowest BCUT2D eigenvalue weighted by Crippen LogP contribution is -2.27. The molecule has 0 radical (unpaired) electrons. The Kier molecular flexibility index (Phi) is 4.28. The molecule has 0 saturated carbocycles. The van der Waals surface area contributed by atoms with Gasteiger partial charge in [0.1, 0.15) is 11.4 Å². The Hall–Kier alpha value is -1.82. The summed E-state index contributed by atoms with van der Waals surface area (Å²) >= 11 is 0. The third kappa shape index (κ3) is 3.32. The van der Waals surface area contributed by atoms with Gasteiger partial charge in [-0.1, -0.05) is 0 Å². The van der Waals surface area contributed by atoms with Gasteiger partial charge < -0.3 is 14.7 Å². The standard InChI is InChI=1S/C11H16N2O4/c1-8(14)7-12(2)11-6-9(17-3)4-5-10(11)13(15)16/h4-6,8,14H,7H2,1-3H3. The van der Waals surface area contributed by atoms with Gasteiger partial charge in [0.25, 0.3) is 5.69 Å². The quantitative estimate of drug-likeness (QED) is 0.622. The Balaban J connectivity index is 3.12. The molecule has 0 aliphatic rings. The summed E-state index contributed by atoms with van der Waals surface area (Å²) in [5.41, 5.74) is 0.421. The summed E-state index contributed by atoms with van der Waals surface area (Å²) in [6.45, 7) is 1.94. The van der Waals surface area contributed by atoms with E-state index in [0.29, 0.717) is 18.0 Å². The van der Waals surface area contributed by atoms with Crippen LogP contribution in [0.1, 0.15) is 6.92 Å². The molecule has 0 bridgehead atoms. The minimum Gasteiger partial charge on any atom is -0.497 e. The topological polar surface area (TPSA) is 75.8 Å². The summed E-state index contributed by atoms with van der Waals surface area (Å²) in [4.78, 5) is 12.1. The van der Waals surface area contributed by atoms with Crippen molar-refractivity contribution in [2.75, 3.05) is 25.6 Å². The summed E-state index contributed by atoms with van der Waals surface area (Å²) in [7, 11) is 3.19. The molecular weight excluding hydrogens is 224 g/mol. The van der Waals surface area contributed by atoms with Crippen molar-refractivity contribution < 1.29 is 14.8 Å². The molecule has 0 heterocycles. The Labute approximate surface area is 99.6 Å². The lowest BCUT2D eigenvalue weighted by Gasteiger charge is -2.21. The number of methoxy groups -OCH3 is 1. The van der Waals surface area contributed by atoms with E-state index in [4.69, 9.17) is 4.74 Å². The van der Waals surface area contributed by atoms with Gasteiger partial charge in [-0.25, -0.2) is 0 Å². The third-order valence-electron chi connectivity index (χ3n) is 2.33. The molecule has 6 heteroatoms. The predicted octanol–water partition coefficient (Wildman–Crippen LogP) is 1.42. The fourth-order valence-corrected chi connectivity index (χ4v) is 1.59. The molecule has 0 aliphatic carbocycles. The van der Waals surface area contributed by atoms with Gasteiger partial charge in [0.15, 0.2) is 0 Å². The second-order valence-electron chi connectivity index (χ2n) is 3.84. The monoisotopic (exact) mass is 240 g/mol. The molecule has 6 nitrogen and oxygen atoms in total. The maximum atomic E-state index is 10.9. The van der Waals surface area contributed by atoms with Crippen LogP contribution in [0.25, 0.3) is 0 Å². The number of ether oxygens (including phenoxy) is 1. The Morgan fingerprint density at radius 2 is 2.24 bits per heavy atom. The van der Waals surface area contributed by atoms with Crippen LogP contribution < -0.4 is 9.64 Å². The van der Waals surface area contributed by atoms with Crippen LogP contribution >= 0.6 is 0 Å². The van der Waals surface area contributed by atoms with E-state index in [-0.39, 0.29) is 5.69 Å². The minimum atomic E-state index is -0.564. The van der Waals surface area contributed by atoms with E-state index in [1.54, 1.807) is 24.9 Å². The Morgan fingerprint density at radius 3 is 2.71 bits per heavy atom. The van der Waals surface area contributed by atoms with Crippen molar-refractivity contribution in [3.63, 3.8) is 0 Å². The molecule has 1 aromatic carbocycles. The first-order valence-corrected chi connectivity index (χ1v) is 5.17. The fraction of sp³-hybridized carbons (Fsp3) is 0.455. The average molecular weight is 240 g/mol. The average Bonchev–Trinajstić information content (AvgIpc) is 2.27. The number of anilines is 1. The summed E-state index contributed by atoms with van der Waals surface area (Å²) in [5.74, 6) is 0.544. The van der Waals surface area contributed by atoms with Gasteiger partial charge in [-0.3, -0.25) is 10.1 Å². The van der Waals surface area contributed by atoms with Gasteiger partial charge in [-0.2, -0.15) is 0 Å². The van der Waals surface area contributed by atoms with E-state index >= 15 is 0 Å². The number of rotatable bonds is 5. The highest BCUT2D eigenvalue weighted by Gasteiger charge is 2.18. The normalized spacial score (nSPS) is 12.0. The van der Waals surface area contributed by atoms with Gasteiger partial charge >= 0.3 is 0 Å². The zero-order valence-corrected chi connectivity index (χ0v) is 10.1. The van der Waals surface area contributed by atoms with Gasteiger partial charge in [0, 0.05) is 25.7 Å². The molecule has 0 fully saturated rings. The van der Waals surface area contributed by atoms with Crippen molar-refractivity contribution in [3.8, 4) is 5.75 Å². The fourth-order valence-electron chi connectivity index (χ4n) is 1.59. The van der Waals surface area contributed by atoms with Crippen LogP contribution in [0.5, 0.6) is 5.75 Å². The Morgan fingerprint density at radius 1 is 1.59 bits per heavy atom. The number of aliphatic hydroxyl groups is 1. The van der Waals surface area contributed by atoms with E-state index in [2.05, 4.69) is 0 Å². The molecule has 1 rings (SSSR count). The van der Waals surface area contributed by atoms with Crippen molar-refractivity contribution in [2.45, 2.75) is 13.0 Å². The van der Waals surface area contributed by atoms with Crippen molar-refractivity contribution in [1.29, 1.82) is 0 Å². The molecule has 0 aliphatic heterocycles. The van der Waals surface area contributed by atoms with Crippen LogP contribution in [0.15, 0.2) is 18.2 Å². The first-order chi connectivity index (χ1) is 7.95. The molecule has 1 atom stereocenters. The van der Waals surface area contributed by atoms with Crippen molar-refractivity contribution in [2.24, 2.45) is 0 Å². The van der Waals surface area contributed by atoms with Gasteiger partial charge in [0.05, 0.1) is 18.1 Å². The molecule has 0 saturated heterocycles. The number of hydrogen-bond acceptors (Lipinski definition) is 5. The first-order valence-electron chi connectivity index (χ1n) is 5.17. The number of likely N-dealkylation sites (N-methyl/N-ethyl adjacent to an activating group) is 1. The van der Waals surface area contributed by atoms with Crippen LogP contribution in [0, 0.1) is 10.1 Å². The van der Waals surface area contributed by atoms with E-state index in [0.717, 1.165) is 0 Å². The van der Waals surface area contributed by atoms with E-state index in [1.165, 1.54) is 19.2 Å². The van der Waals surface area contributed by atoms with Crippen molar-refractivity contribution in [1.82, 2.24) is 0 Å². The minimum absolute atomic E-state index is 0.00560. The highest BCUT2D eigenvalue weighted by Crippen LogP contribution is 2.31. The number of nitro benzene ring substituents is 1. The highest BCUT2D eigenvalue weighted by atomic mass is 16.6. The van der Waals surface area contributed by atoms with Crippen LogP contribution in [0.3, 0.4) is 0 Å². The van der Waals surface area contributed by atoms with Crippen LogP contribution in [0.4, 0.5) is 11.4 Å². The van der Waals surface area contributed by atoms with Crippen LogP contribution in [-0.4, -0.2) is 36.8 Å². The second kappa shape index (κ2) is 5.49. The Bertz CT molecular complexity index is 406. The highest BCUT2D eigenvalue weighted by molar-refractivity contribution is 5.65. The van der Waals surface area contributed by atoms with Crippen molar-refractivity contribution >= 4 is 11.4 Å². The molecule has 1 unspecified atom stereocenters. The smallest absolute Gasteiger partial charge is 0.292 e. The molecule has 0 amide bonds. The van der Waals surface area contributed by atoms with E-state index in [9.17, 15) is 15.2 Å². The number of aliphatic hydroxyl groups excluding tert-OH is 1. The van der Waals surface area contributed by atoms with E-state index in [1.807, 2.05) is 0 Å². The number of benzene rings is 1. The molecule has 0 spiro atoms. The zero-order chi connectivity index (χ0) is 13.0. The molecule has 1 N–H and O–H groups in total. The van der Waals surface area contributed by atoms with Crippen LogP contribution in [0.2, 0.25) is 0 Å².